The summed E-state index contributed by atoms with van der Waals surface area (Å²) in [5.74, 6) is 1.15. The van der Waals surface area contributed by atoms with Crippen molar-refractivity contribution in [2.24, 2.45) is 0 Å². The molecule has 0 radical (unpaired) electrons. The summed E-state index contributed by atoms with van der Waals surface area (Å²) in [6.45, 7) is 9.13. The maximum absolute atomic E-state index is 2.42. The topological polar surface area (TPSA) is 0 Å². The minimum atomic E-state index is 0.564. The number of fused-ring (bicyclic) bond motifs is 3. The van der Waals surface area contributed by atoms with Gasteiger partial charge in [0.2, 0.25) is 0 Å². The van der Waals surface area contributed by atoms with Crippen molar-refractivity contribution in [3.63, 3.8) is 0 Å². The van der Waals surface area contributed by atoms with E-state index in [4.69, 9.17) is 0 Å². The number of hydrogen-bond acceptors (Lipinski definition) is 0. The SMILES string of the molecule is CC(C)c1ccc2c(c1)Cc1c-2ccc(Cc2ccccc2C(C)C)[c]1[Ti]. The molecule has 0 spiro atoms. The molecule has 0 bridgehead atoms. The number of benzene rings is 3. The van der Waals surface area contributed by atoms with Gasteiger partial charge in [0, 0.05) is 0 Å². The standard InChI is InChI=1S/C26H27.Ti/c1-17(2)20-10-12-26-23(15-20)16-22-14-19(9-11-25(22)26)13-21-7-5-6-8-24(21)18(3)4;/h5-12,15,17-18H,13,16H2,1-4H3;. The van der Waals surface area contributed by atoms with E-state index >= 15 is 0 Å². The Labute approximate surface area is 175 Å². The molecule has 0 heterocycles. The van der Waals surface area contributed by atoms with Crippen LogP contribution in [0.25, 0.3) is 11.1 Å². The fourth-order valence-electron chi connectivity index (χ4n) is 4.32. The molecule has 1 aliphatic rings. The second-order valence-corrected chi connectivity index (χ2v) is 9.18. The first-order chi connectivity index (χ1) is 13.0. The summed E-state index contributed by atoms with van der Waals surface area (Å²) in [5.41, 5.74) is 11.8. The van der Waals surface area contributed by atoms with Gasteiger partial charge in [0.25, 0.3) is 0 Å². The molecule has 0 atom stereocenters. The fourth-order valence-corrected chi connectivity index (χ4v) is 4.93. The van der Waals surface area contributed by atoms with Crippen LogP contribution in [0, 0.1) is 0 Å². The van der Waals surface area contributed by atoms with Crippen molar-refractivity contribution in [1.82, 2.24) is 0 Å². The second kappa shape index (κ2) is 7.42. The van der Waals surface area contributed by atoms with Crippen LogP contribution in [0.1, 0.15) is 72.9 Å². The first-order valence-electron chi connectivity index (χ1n) is 10.0. The molecule has 1 aliphatic carbocycles. The third-order valence-corrected chi connectivity index (χ3v) is 6.88. The number of hydrogen-bond donors (Lipinski definition) is 0. The average molecular weight is 387 g/mol. The summed E-state index contributed by atoms with van der Waals surface area (Å²) < 4.78 is 1.48. The summed E-state index contributed by atoms with van der Waals surface area (Å²) in [6.07, 6.45) is 2.11. The average Bonchev–Trinajstić information content (AvgIpc) is 3.03. The minimum absolute atomic E-state index is 0.564. The van der Waals surface area contributed by atoms with Gasteiger partial charge in [-0.15, -0.1) is 0 Å². The molecule has 0 fully saturated rings. The Hall–Kier alpha value is -1.63. The third kappa shape index (κ3) is 3.46. The maximum atomic E-state index is 2.42. The van der Waals surface area contributed by atoms with E-state index in [-0.39, 0.29) is 0 Å². The van der Waals surface area contributed by atoms with Gasteiger partial charge < -0.3 is 0 Å². The Kier molecular flexibility index (Phi) is 5.14. The summed E-state index contributed by atoms with van der Waals surface area (Å²) >= 11 is 2.32. The van der Waals surface area contributed by atoms with E-state index in [0.717, 1.165) is 12.8 Å². The van der Waals surface area contributed by atoms with Crippen LogP contribution in [0.3, 0.4) is 0 Å². The van der Waals surface area contributed by atoms with Gasteiger partial charge in [-0.25, -0.2) is 0 Å². The van der Waals surface area contributed by atoms with Gasteiger partial charge in [-0.2, -0.15) is 0 Å². The molecule has 0 amide bonds. The predicted molar refractivity (Wildman–Crippen MR) is 112 cm³/mol. The molecular weight excluding hydrogens is 360 g/mol. The molecule has 0 saturated heterocycles. The molecule has 3 aromatic rings. The Morgan fingerprint density at radius 2 is 1.56 bits per heavy atom. The third-order valence-electron chi connectivity index (χ3n) is 5.91. The van der Waals surface area contributed by atoms with Crippen LogP contribution in [0.15, 0.2) is 54.6 Å². The van der Waals surface area contributed by atoms with Gasteiger partial charge in [0.05, 0.1) is 0 Å². The zero-order chi connectivity index (χ0) is 19.1. The summed E-state index contributed by atoms with van der Waals surface area (Å²) in [7, 11) is 0. The quantitative estimate of drug-likeness (QED) is 0.362. The van der Waals surface area contributed by atoms with Crippen LogP contribution >= 0.6 is 0 Å². The molecule has 1 heteroatoms. The molecule has 0 N–H and O–H groups in total. The van der Waals surface area contributed by atoms with Crippen LogP contribution in [-0.2, 0) is 33.3 Å². The van der Waals surface area contributed by atoms with Gasteiger partial charge in [-0.05, 0) is 0 Å². The molecular formula is C26H27Ti. The molecule has 0 aliphatic heterocycles. The normalized spacial score (nSPS) is 12.5. The first kappa shape index (κ1) is 18.7. The first-order valence-corrected chi connectivity index (χ1v) is 10.8. The Morgan fingerprint density at radius 1 is 0.815 bits per heavy atom. The van der Waals surface area contributed by atoms with Gasteiger partial charge in [-0.3, -0.25) is 0 Å². The van der Waals surface area contributed by atoms with Crippen LogP contribution in [-0.4, -0.2) is 0 Å². The van der Waals surface area contributed by atoms with E-state index in [1.54, 1.807) is 0 Å². The van der Waals surface area contributed by atoms with Crippen LogP contribution in [0.4, 0.5) is 0 Å². The van der Waals surface area contributed by atoms with Crippen molar-refractivity contribution >= 4 is 3.87 Å². The fraction of sp³-hybridized carbons (Fsp3) is 0.308. The van der Waals surface area contributed by atoms with E-state index in [0.29, 0.717) is 11.8 Å². The zero-order valence-electron chi connectivity index (χ0n) is 16.8. The molecule has 4 rings (SSSR count). The molecule has 27 heavy (non-hydrogen) atoms. The molecule has 0 aromatic heterocycles. The van der Waals surface area contributed by atoms with Crippen molar-refractivity contribution < 1.29 is 20.4 Å². The summed E-state index contributed by atoms with van der Waals surface area (Å²) in [6, 6.07) is 20.7. The molecule has 0 nitrogen and oxygen atoms in total. The van der Waals surface area contributed by atoms with Crippen molar-refractivity contribution in [3.05, 3.63) is 88.0 Å². The van der Waals surface area contributed by atoms with Crippen molar-refractivity contribution in [2.75, 3.05) is 0 Å². The zero-order valence-corrected chi connectivity index (χ0v) is 18.3. The van der Waals surface area contributed by atoms with Crippen molar-refractivity contribution in [3.8, 4) is 11.1 Å². The van der Waals surface area contributed by atoms with E-state index < -0.39 is 0 Å². The number of rotatable bonds is 4. The molecule has 0 saturated carbocycles. The van der Waals surface area contributed by atoms with Crippen molar-refractivity contribution in [2.45, 2.75) is 52.4 Å². The second-order valence-electron chi connectivity index (χ2n) is 8.40. The van der Waals surface area contributed by atoms with E-state index in [1.807, 2.05) is 0 Å². The molecule has 0 unspecified atom stereocenters. The van der Waals surface area contributed by atoms with E-state index in [1.165, 1.54) is 48.4 Å². The monoisotopic (exact) mass is 387 g/mol. The summed E-state index contributed by atoms with van der Waals surface area (Å²) in [4.78, 5) is 0. The van der Waals surface area contributed by atoms with Gasteiger partial charge in [0.15, 0.2) is 0 Å². The van der Waals surface area contributed by atoms with Gasteiger partial charge in [-0.1, -0.05) is 0 Å². The Bertz CT molecular complexity index is 995. The molecule has 3 aromatic carbocycles. The van der Waals surface area contributed by atoms with Crippen LogP contribution in [0.2, 0.25) is 0 Å². The molecule has 135 valence electrons. The van der Waals surface area contributed by atoms with Gasteiger partial charge in [0.1, 0.15) is 0 Å². The van der Waals surface area contributed by atoms with E-state index in [9.17, 15) is 0 Å². The van der Waals surface area contributed by atoms with Crippen LogP contribution in [0.5, 0.6) is 0 Å². The summed E-state index contributed by atoms with van der Waals surface area (Å²) in [5, 5.41) is 0. The van der Waals surface area contributed by atoms with Gasteiger partial charge >= 0.3 is 176 Å². The van der Waals surface area contributed by atoms with Crippen molar-refractivity contribution in [1.29, 1.82) is 0 Å². The van der Waals surface area contributed by atoms with Crippen LogP contribution < -0.4 is 3.87 Å². The predicted octanol–water partition coefficient (Wildman–Crippen LogP) is 6.27. The van der Waals surface area contributed by atoms with E-state index in [2.05, 4.69) is 103 Å². The Morgan fingerprint density at radius 3 is 2.30 bits per heavy atom. The Balaban J connectivity index is 1.71.